The van der Waals surface area contributed by atoms with Crippen LogP contribution in [0.2, 0.25) is 10.0 Å². The quantitative estimate of drug-likeness (QED) is 0.685. The number of tetrazole rings is 1. The second-order valence-electron chi connectivity index (χ2n) is 6.66. The van der Waals surface area contributed by atoms with Gasteiger partial charge in [0.15, 0.2) is 5.82 Å². The van der Waals surface area contributed by atoms with E-state index < -0.39 is 0 Å². The van der Waals surface area contributed by atoms with Gasteiger partial charge in [0, 0.05) is 31.9 Å². The first kappa shape index (κ1) is 19.6. The Morgan fingerprint density at radius 3 is 2.48 bits per heavy atom. The van der Waals surface area contributed by atoms with Crippen LogP contribution in [-0.2, 0) is 6.54 Å². The highest BCUT2D eigenvalue weighted by Crippen LogP contribution is 2.25. The van der Waals surface area contributed by atoms with Crippen molar-refractivity contribution in [2.45, 2.75) is 6.54 Å². The largest absolute Gasteiger partial charge is 0.322 e. The number of hydrogen-bond acceptors (Lipinski definition) is 5. The number of amides is 2. The van der Waals surface area contributed by atoms with Gasteiger partial charge in [0.1, 0.15) is 0 Å². The number of para-hydroxylation sites is 1. The Morgan fingerprint density at radius 1 is 1.00 bits per heavy atom. The lowest BCUT2D eigenvalue weighted by molar-refractivity contribution is 0.140. The van der Waals surface area contributed by atoms with Gasteiger partial charge in [-0.2, -0.15) is 4.68 Å². The van der Waals surface area contributed by atoms with Gasteiger partial charge >= 0.3 is 6.03 Å². The first-order valence-electron chi connectivity index (χ1n) is 9.16. The van der Waals surface area contributed by atoms with Gasteiger partial charge in [0.25, 0.3) is 0 Å². The van der Waals surface area contributed by atoms with Crippen LogP contribution in [0.1, 0.15) is 5.82 Å². The van der Waals surface area contributed by atoms with Crippen LogP contribution in [0, 0.1) is 0 Å². The zero-order valence-electron chi connectivity index (χ0n) is 15.5. The maximum atomic E-state index is 12.5. The zero-order chi connectivity index (χ0) is 20.2. The van der Waals surface area contributed by atoms with Gasteiger partial charge in [-0.25, -0.2) is 4.79 Å². The summed E-state index contributed by atoms with van der Waals surface area (Å²) in [7, 11) is 0. The molecule has 2 aromatic carbocycles. The predicted octanol–water partition coefficient (Wildman–Crippen LogP) is 3.32. The molecule has 0 radical (unpaired) electrons. The Labute approximate surface area is 178 Å². The first-order chi connectivity index (χ1) is 14.1. The van der Waals surface area contributed by atoms with Crippen molar-refractivity contribution in [2.24, 2.45) is 0 Å². The standard InChI is InChI=1S/C19H19Cl2N7O/c20-16-7-6-14(12-17(16)21)22-19(29)27-10-8-26(9-11-27)13-18-23-24-25-28(18)15-4-2-1-3-5-15/h1-7,12H,8-11,13H2,(H,22,29). The molecule has 0 unspecified atom stereocenters. The number of hydrogen-bond donors (Lipinski definition) is 1. The number of urea groups is 1. The van der Waals surface area contributed by atoms with Crippen molar-refractivity contribution in [2.75, 3.05) is 31.5 Å². The van der Waals surface area contributed by atoms with Crippen LogP contribution < -0.4 is 5.32 Å². The molecule has 4 rings (SSSR count). The van der Waals surface area contributed by atoms with E-state index in [1.807, 2.05) is 30.3 Å². The molecular formula is C19H19Cl2N7O. The highest BCUT2D eigenvalue weighted by molar-refractivity contribution is 6.42. The maximum Gasteiger partial charge on any atom is 0.321 e. The topological polar surface area (TPSA) is 79.2 Å². The Bertz CT molecular complexity index is 987. The summed E-state index contributed by atoms with van der Waals surface area (Å²) in [5, 5.41) is 15.8. The molecule has 29 heavy (non-hydrogen) atoms. The fourth-order valence-corrected chi connectivity index (χ4v) is 3.46. The molecular weight excluding hydrogens is 413 g/mol. The molecule has 1 N–H and O–H groups in total. The minimum Gasteiger partial charge on any atom is -0.322 e. The van der Waals surface area contributed by atoms with Crippen LogP contribution in [0.25, 0.3) is 5.69 Å². The average molecular weight is 432 g/mol. The molecule has 8 nitrogen and oxygen atoms in total. The molecule has 1 aliphatic heterocycles. The normalized spacial score (nSPS) is 14.8. The van der Waals surface area contributed by atoms with E-state index in [1.165, 1.54) is 0 Å². The fraction of sp³-hybridized carbons (Fsp3) is 0.263. The van der Waals surface area contributed by atoms with E-state index in [0.717, 1.165) is 24.6 Å². The second-order valence-corrected chi connectivity index (χ2v) is 7.48. The fourth-order valence-electron chi connectivity index (χ4n) is 3.16. The van der Waals surface area contributed by atoms with E-state index >= 15 is 0 Å². The van der Waals surface area contributed by atoms with Crippen molar-refractivity contribution in [3.05, 3.63) is 64.4 Å². The van der Waals surface area contributed by atoms with E-state index in [4.69, 9.17) is 23.2 Å². The van der Waals surface area contributed by atoms with E-state index in [2.05, 4.69) is 25.7 Å². The van der Waals surface area contributed by atoms with Crippen LogP contribution >= 0.6 is 23.2 Å². The first-order valence-corrected chi connectivity index (χ1v) is 9.92. The number of benzene rings is 2. The number of nitrogens with zero attached hydrogens (tertiary/aromatic N) is 6. The van der Waals surface area contributed by atoms with Gasteiger partial charge in [0.2, 0.25) is 0 Å². The minimum absolute atomic E-state index is 0.155. The second kappa shape index (κ2) is 8.77. The molecule has 150 valence electrons. The van der Waals surface area contributed by atoms with Gasteiger partial charge in [-0.05, 0) is 40.8 Å². The average Bonchev–Trinajstić information content (AvgIpc) is 3.20. The molecule has 1 aromatic heterocycles. The smallest absolute Gasteiger partial charge is 0.321 e. The number of nitrogens with one attached hydrogen (secondary N) is 1. The lowest BCUT2D eigenvalue weighted by Crippen LogP contribution is -2.49. The van der Waals surface area contributed by atoms with Crippen LogP contribution in [0.3, 0.4) is 0 Å². The highest BCUT2D eigenvalue weighted by Gasteiger charge is 2.23. The van der Waals surface area contributed by atoms with Crippen molar-refractivity contribution in [1.29, 1.82) is 0 Å². The number of halogens is 2. The Hall–Kier alpha value is -2.68. The van der Waals surface area contributed by atoms with E-state index in [0.29, 0.717) is 35.4 Å². The molecule has 0 spiro atoms. The summed E-state index contributed by atoms with van der Waals surface area (Å²) < 4.78 is 1.74. The number of aromatic nitrogens is 4. The number of carbonyl (C=O) groups excluding carboxylic acids is 1. The third-order valence-corrected chi connectivity index (χ3v) is 5.47. The third-order valence-electron chi connectivity index (χ3n) is 4.73. The third kappa shape index (κ3) is 4.67. The lowest BCUT2D eigenvalue weighted by atomic mass is 10.3. The van der Waals surface area contributed by atoms with Crippen LogP contribution in [0.15, 0.2) is 48.5 Å². The predicted molar refractivity (Wildman–Crippen MR) is 111 cm³/mol. The van der Waals surface area contributed by atoms with Crippen molar-refractivity contribution < 1.29 is 4.79 Å². The van der Waals surface area contributed by atoms with Crippen molar-refractivity contribution in [3.63, 3.8) is 0 Å². The summed E-state index contributed by atoms with van der Waals surface area (Å²) in [6, 6.07) is 14.7. The summed E-state index contributed by atoms with van der Waals surface area (Å²) in [4.78, 5) is 16.5. The molecule has 1 aliphatic rings. The lowest BCUT2D eigenvalue weighted by Gasteiger charge is -2.34. The Balaban J connectivity index is 1.32. The maximum absolute atomic E-state index is 12.5. The van der Waals surface area contributed by atoms with E-state index in [9.17, 15) is 4.79 Å². The van der Waals surface area contributed by atoms with Gasteiger partial charge in [-0.15, -0.1) is 5.10 Å². The molecule has 10 heteroatoms. The van der Waals surface area contributed by atoms with Crippen LogP contribution in [0.5, 0.6) is 0 Å². The van der Waals surface area contributed by atoms with Gasteiger partial charge < -0.3 is 10.2 Å². The number of piperazine rings is 1. The summed E-state index contributed by atoms with van der Waals surface area (Å²) in [6.45, 7) is 3.30. The number of anilines is 1. The molecule has 2 amide bonds. The molecule has 1 saturated heterocycles. The van der Waals surface area contributed by atoms with Crippen molar-refractivity contribution in [3.8, 4) is 5.69 Å². The Kier molecular flexibility index (Phi) is 5.94. The number of carbonyl (C=O) groups is 1. The Morgan fingerprint density at radius 2 is 1.76 bits per heavy atom. The summed E-state index contributed by atoms with van der Waals surface area (Å²) in [5.41, 5.74) is 1.54. The van der Waals surface area contributed by atoms with Crippen LogP contribution in [0.4, 0.5) is 10.5 Å². The minimum atomic E-state index is -0.155. The van der Waals surface area contributed by atoms with Crippen molar-refractivity contribution >= 4 is 34.9 Å². The van der Waals surface area contributed by atoms with E-state index in [1.54, 1.807) is 27.8 Å². The summed E-state index contributed by atoms with van der Waals surface area (Å²) >= 11 is 11.9. The number of rotatable bonds is 4. The zero-order valence-corrected chi connectivity index (χ0v) is 17.0. The van der Waals surface area contributed by atoms with Gasteiger partial charge in [-0.3, -0.25) is 4.90 Å². The molecule has 3 aromatic rings. The molecule has 0 atom stereocenters. The molecule has 1 fully saturated rings. The molecule has 0 saturated carbocycles. The highest BCUT2D eigenvalue weighted by atomic mass is 35.5. The van der Waals surface area contributed by atoms with E-state index in [-0.39, 0.29) is 6.03 Å². The molecule has 0 aliphatic carbocycles. The summed E-state index contributed by atoms with van der Waals surface area (Å²) in [5.74, 6) is 0.768. The SMILES string of the molecule is O=C(Nc1ccc(Cl)c(Cl)c1)N1CCN(Cc2nnnn2-c2ccccc2)CC1. The molecule has 0 bridgehead atoms. The summed E-state index contributed by atoms with van der Waals surface area (Å²) in [6.07, 6.45) is 0. The van der Waals surface area contributed by atoms with Gasteiger partial charge in [0.05, 0.1) is 22.3 Å². The molecule has 2 heterocycles. The van der Waals surface area contributed by atoms with Crippen LogP contribution in [-0.4, -0.2) is 62.2 Å². The van der Waals surface area contributed by atoms with Crippen molar-refractivity contribution in [1.82, 2.24) is 30.0 Å². The monoisotopic (exact) mass is 431 g/mol. The van der Waals surface area contributed by atoms with Gasteiger partial charge in [-0.1, -0.05) is 41.4 Å².